The number of benzene rings is 1. The fraction of sp³-hybridized carbons (Fsp3) is 0.278. The van der Waals surface area contributed by atoms with Gasteiger partial charge in [0.25, 0.3) is 0 Å². The third-order valence-electron chi connectivity index (χ3n) is 4.75. The van der Waals surface area contributed by atoms with Crippen LogP contribution in [0.1, 0.15) is 0 Å². The van der Waals surface area contributed by atoms with E-state index in [1.165, 1.54) is 17.6 Å². The second-order valence-electron chi connectivity index (χ2n) is 6.66. The highest BCUT2D eigenvalue weighted by Gasteiger charge is 2.22. The molecule has 10 heteroatoms. The van der Waals surface area contributed by atoms with E-state index in [1.807, 2.05) is 18.2 Å². The largest absolute Gasteiger partial charge is 0.378 e. The first kappa shape index (κ1) is 17.5. The predicted octanol–water partition coefficient (Wildman–Crippen LogP) is 2.47. The lowest BCUT2D eigenvalue weighted by Crippen LogP contribution is -2.37. The Morgan fingerprint density at radius 2 is 2.00 bits per heavy atom. The highest BCUT2D eigenvalue weighted by molar-refractivity contribution is 7.92. The summed E-state index contributed by atoms with van der Waals surface area (Å²) in [6.45, 7) is 2.62. The Morgan fingerprint density at radius 3 is 2.79 bits per heavy atom. The number of sulfone groups is 1. The number of morpholine rings is 1. The Hall–Kier alpha value is -2.56. The number of H-pyrrole nitrogens is 1. The molecule has 1 aliphatic rings. The normalized spacial score (nSPS) is 15.5. The molecule has 1 aliphatic heterocycles. The van der Waals surface area contributed by atoms with Gasteiger partial charge in [-0.25, -0.2) is 18.4 Å². The maximum Gasteiger partial charge on any atom is 0.184 e. The van der Waals surface area contributed by atoms with E-state index in [4.69, 9.17) is 14.7 Å². The molecule has 8 nitrogen and oxygen atoms in total. The number of nitrogens with zero attached hydrogens (tertiary/aromatic N) is 4. The molecule has 0 amide bonds. The zero-order chi connectivity index (χ0) is 19.3. The molecule has 144 valence electrons. The molecule has 0 radical (unpaired) electrons. The number of aromatic nitrogens is 4. The highest BCUT2D eigenvalue weighted by Crippen LogP contribution is 2.36. The molecule has 0 saturated carbocycles. The summed E-state index contributed by atoms with van der Waals surface area (Å²) in [5.41, 5.74) is 1.76. The molecular formula is C18H17N5O3S2. The second kappa shape index (κ2) is 6.50. The molecule has 28 heavy (non-hydrogen) atoms. The summed E-state index contributed by atoms with van der Waals surface area (Å²) in [5.74, 6) is 1.30. The molecule has 4 heterocycles. The molecule has 0 spiro atoms. The molecule has 5 rings (SSSR count). The van der Waals surface area contributed by atoms with Crippen LogP contribution in [0.3, 0.4) is 0 Å². The van der Waals surface area contributed by atoms with Crippen molar-refractivity contribution in [1.29, 1.82) is 0 Å². The summed E-state index contributed by atoms with van der Waals surface area (Å²) in [4.78, 5) is 12.3. The number of fused-ring (bicyclic) bond motifs is 2. The summed E-state index contributed by atoms with van der Waals surface area (Å²) in [5, 5.41) is 8.76. The number of aromatic amines is 1. The van der Waals surface area contributed by atoms with Gasteiger partial charge in [0.15, 0.2) is 15.7 Å². The SMILES string of the molecule is CS(=O)(=O)c1cc2c(N3CCOCC3)nc(-c3cccc4[nH]ncc34)nc2s1. The molecule has 1 saturated heterocycles. The van der Waals surface area contributed by atoms with E-state index in [2.05, 4.69) is 15.1 Å². The minimum absolute atomic E-state index is 0.296. The van der Waals surface area contributed by atoms with Crippen LogP contribution in [-0.2, 0) is 14.6 Å². The van der Waals surface area contributed by atoms with Crippen molar-refractivity contribution in [3.05, 3.63) is 30.5 Å². The molecule has 1 N–H and O–H groups in total. The summed E-state index contributed by atoms with van der Waals surface area (Å²) >= 11 is 1.18. The highest BCUT2D eigenvalue weighted by atomic mass is 32.2. The molecule has 1 fully saturated rings. The Morgan fingerprint density at radius 1 is 1.18 bits per heavy atom. The fourth-order valence-corrected chi connectivity index (χ4v) is 5.30. The fourth-order valence-electron chi connectivity index (χ4n) is 3.37. The van der Waals surface area contributed by atoms with E-state index < -0.39 is 9.84 Å². The van der Waals surface area contributed by atoms with Crippen molar-refractivity contribution in [2.75, 3.05) is 37.5 Å². The molecule has 0 aliphatic carbocycles. The standard InChI is InChI=1S/C18H17N5O3S2/c1-28(24,25)15-9-12-17(23-5-7-26-8-6-23)20-16(21-18(12)27-15)11-3-2-4-14-13(11)10-19-22-14/h2-4,9-10H,5-8H2,1H3,(H,19,22). The first-order valence-corrected chi connectivity index (χ1v) is 11.5. The molecule has 0 atom stereocenters. The average Bonchev–Trinajstić information content (AvgIpc) is 3.34. The monoisotopic (exact) mass is 415 g/mol. The predicted molar refractivity (Wildman–Crippen MR) is 109 cm³/mol. The maximum atomic E-state index is 12.1. The molecule has 0 unspecified atom stereocenters. The maximum absolute atomic E-state index is 12.1. The number of anilines is 1. The van der Waals surface area contributed by atoms with Crippen LogP contribution in [0.2, 0.25) is 0 Å². The Labute approximate surface area is 165 Å². The Balaban J connectivity index is 1.77. The minimum Gasteiger partial charge on any atom is -0.378 e. The number of rotatable bonds is 3. The third kappa shape index (κ3) is 2.93. The van der Waals surface area contributed by atoms with E-state index in [0.717, 1.165) is 27.7 Å². The quantitative estimate of drug-likeness (QED) is 0.548. The molecule has 3 aromatic heterocycles. The van der Waals surface area contributed by atoms with Gasteiger partial charge in [0.05, 0.1) is 30.3 Å². The number of thiophene rings is 1. The minimum atomic E-state index is -3.32. The number of nitrogens with one attached hydrogen (secondary N) is 1. The lowest BCUT2D eigenvalue weighted by molar-refractivity contribution is 0.122. The number of ether oxygens (including phenoxy) is 1. The van der Waals surface area contributed by atoms with Crippen LogP contribution in [0.25, 0.3) is 32.5 Å². The van der Waals surface area contributed by atoms with Crippen LogP contribution in [0.5, 0.6) is 0 Å². The van der Waals surface area contributed by atoms with E-state index in [9.17, 15) is 8.42 Å². The molecule has 0 bridgehead atoms. The van der Waals surface area contributed by atoms with Crippen LogP contribution in [0, 0.1) is 0 Å². The first-order chi connectivity index (χ1) is 13.5. The average molecular weight is 416 g/mol. The van der Waals surface area contributed by atoms with Gasteiger partial charge in [0, 0.05) is 30.3 Å². The molecule has 4 aromatic rings. The topological polar surface area (TPSA) is 101 Å². The van der Waals surface area contributed by atoms with Gasteiger partial charge in [-0.2, -0.15) is 5.10 Å². The van der Waals surface area contributed by atoms with Gasteiger partial charge in [0.2, 0.25) is 0 Å². The van der Waals surface area contributed by atoms with Crippen molar-refractivity contribution >= 4 is 48.1 Å². The molecule has 1 aromatic carbocycles. The van der Waals surface area contributed by atoms with Gasteiger partial charge in [-0.15, -0.1) is 11.3 Å². The lowest BCUT2D eigenvalue weighted by atomic mass is 10.1. The van der Waals surface area contributed by atoms with E-state index in [1.54, 1.807) is 12.3 Å². The van der Waals surface area contributed by atoms with Crippen molar-refractivity contribution < 1.29 is 13.2 Å². The summed E-state index contributed by atoms with van der Waals surface area (Å²) in [6, 6.07) is 7.50. The van der Waals surface area contributed by atoms with Gasteiger partial charge in [-0.05, 0) is 12.1 Å². The van der Waals surface area contributed by atoms with E-state index in [0.29, 0.717) is 41.2 Å². The lowest BCUT2D eigenvalue weighted by Gasteiger charge is -2.28. The third-order valence-corrected chi connectivity index (χ3v) is 7.58. The summed E-state index contributed by atoms with van der Waals surface area (Å²) in [7, 11) is -3.32. The van der Waals surface area contributed by atoms with Gasteiger partial charge in [-0.3, -0.25) is 5.10 Å². The van der Waals surface area contributed by atoms with Crippen molar-refractivity contribution in [1.82, 2.24) is 20.2 Å². The van der Waals surface area contributed by atoms with Crippen molar-refractivity contribution in [3.63, 3.8) is 0 Å². The van der Waals surface area contributed by atoms with Crippen LogP contribution in [0.4, 0.5) is 5.82 Å². The second-order valence-corrected chi connectivity index (χ2v) is 9.94. The van der Waals surface area contributed by atoms with Crippen LogP contribution < -0.4 is 4.90 Å². The van der Waals surface area contributed by atoms with Crippen LogP contribution >= 0.6 is 11.3 Å². The van der Waals surface area contributed by atoms with Gasteiger partial charge >= 0.3 is 0 Å². The zero-order valence-corrected chi connectivity index (χ0v) is 16.7. The number of hydrogen-bond donors (Lipinski definition) is 1. The summed E-state index contributed by atoms with van der Waals surface area (Å²) < 4.78 is 30.0. The number of hydrogen-bond acceptors (Lipinski definition) is 8. The Bertz CT molecular complexity index is 1290. The van der Waals surface area contributed by atoms with Crippen LogP contribution in [0.15, 0.2) is 34.7 Å². The van der Waals surface area contributed by atoms with Gasteiger partial charge in [0.1, 0.15) is 14.9 Å². The van der Waals surface area contributed by atoms with Crippen molar-refractivity contribution in [2.45, 2.75) is 4.21 Å². The molecular weight excluding hydrogens is 398 g/mol. The van der Waals surface area contributed by atoms with E-state index >= 15 is 0 Å². The smallest absolute Gasteiger partial charge is 0.184 e. The van der Waals surface area contributed by atoms with E-state index in [-0.39, 0.29) is 0 Å². The van der Waals surface area contributed by atoms with Gasteiger partial charge in [-0.1, -0.05) is 12.1 Å². The van der Waals surface area contributed by atoms with Crippen molar-refractivity contribution in [2.24, 2.45) is 0 Å². The van der Waals surface area contributed by atoms with Gasteiger partial charge < -0.3 is 9.64 Å². The Kier molecular flexibility index (Phi) is 4.07. The summed E-state index contributed by atoms with van der Waals surface area (Å²) in [6.07, 6.45) is 2.97. The first-order valence-electron chi connectivity index (χ1n) is 8.77. The van der Waals surface area contributed by atoms with Crippen molar-refractivity contribution in [3.8, 4) is 11.4 Å². The zero-order valence-electron chi connectivity index (χ0n) is 15.0. The van der Waals surface area contributed by atoms with Crippen LogP contribution in [-0.4, -0.2) is 61.1 Å².